The largest absolute Gasteiger partial charge is 0.466 e. The summed E-state index contributed by atoms with van der Waals surface area (Å²) >= 11 is 3.17. The number of furan rings is 1. The Bertz CT molecular complexity index is 749. The topological polar surface area (TPSA) is 41.8 Å². The molecule has 0 amide bonds. The predicted octanol–water partition coefficient (Wildman–Crippen LogP) is 4.65. The van der Waals surface area contributed by atoms with Crippen LogP contribution in [0, 0.1) is 26.6 Å². The standard InChI is InChI=1S/C14H12BrFN2O/c1-6-7(2)19-8(3)13(6)14-17-11-4-9(15)10(16)5-12(11)18-14/h4-5H,1-3H3,(H,17,18). The maximum absolute atomic E-state index is 13.5. The van der Waals surface area contributed by atoms with Crippen LogP contribution in [0.2, 0.25) is 0 Å². The third kappa shape index (κ3) is 1.89. The molecule has 0 aliphatic carbocycles. The first-order chi connectivity index (χ1) is 8.97. The lowest BCUT2D eigenvalue weighted by atomic mass is 10.1. The lowest BCUT2D eigenvalue weighted by molar-refractivity contribution is 0.503. The smallest absolute Gasteiger partial charge is 0.142 e. The zero-order chi connectivity index (χ0) is 13.7. The number of fused-ring (bicyclic) bond motifs is 1. The van der Waals surface area contributed by atoms with E-state index in [1.807, 2.05) is 20.8 Å². The van der Waals surface area contributed by atoms with E-state index in [1.165, 1.54) is 6.07 Å². The molecule has 0 saturated carbocycles. The van der Waals surface area contributed by atoms with Crippen molar-refractivity contribution >= 4 is 27.0 Å². The highest BCUT2D eigenvalue weighted by molar-refractivity contribution is 9.10. The number of nitrogens with one attached hydrogen (secondary N) is 1. The minimum atomic E-state index is -0.306. The lowest BCUT2D eigenvalue weighted by Gasteiger charge is -1.95. The van der Waals surface area contributed by atoms with E-state index in [2.05, 4.69) is 25.9 Å². The summed E-state index contributed by atoms with van der Waals surface area (Å²) in [6, 6.07) is 3.11. The third-order valence-corrected chi connectivity index (χ3v) is 3.93. The van der Waals surface area contributed by atoms with E-state index in [0.717, 1.165) is 28.2 Å². The van der Waals surface area contributed by atoms with Gasteiger partial charge in [-0.3, -0.25) is 0 Å². The van der Waals surface area contributed by atoms with Gasteiger partial charge in [-0.25, -0.2) is 9.37 Å². The minimum absolute atomic E-state index is 0.306. The summed E-state index contributed by atoms with van der Waals surface area (Å²) in [5.74, 6) is 2.09. The molecular weight excluding hydrogens is 311 g/mol. The zero-order valence-corrected chi connectivity index (χ0v) is 12.4. The van der Waals surface area contributed by atoms with Crippen LogP contribution < -0.4 is 0 Å². The molecule has 1 N–H and O–H groups in total. The maximum atomic E-state index is 13.5. The summed E-state index contributed by atoms with van der Waals surface area (Å²) in [5.41, 5.74) is 3.40. The lowest BCUT2D eigenvalue weighted by Crippen LogP contribution is -1.83. The number of halogens is 2. The van der Waals surface area contributed by atoms with Gasteiger partial charge in [0.15, 0.2) is 0 Å². The number of hydrogen-bond donors (Lipinski definition) is 1. The van der Waals surface area contributed by atoms with Gasteiger partial charge >= 0.3 is 0 Å². The molecule has 3 aromatic rings. The summed E-state index contributed by atoms with van der Waals surface area (Å²) < 4.78 is 19.5. The van der Waals surface area contributed by atoms with Crippen molar-refractivity contribution < 1.29 is 8.81 Å². The molecule has 2 aromatic heterocycles. The molecule has 0 spiro atoms. The Morgan fingerprint density at radius 3 is 2.58 bits per heavy atom. The van der Waals surface area contributed by atoms with E-state index in [9.17, 15) is 4.39 Å². The van der Waals surface area contributed by atoms with Crippen molar-refractivity contribution in [3.8, 4) is 11.4 Å². The normalized spacial score (nSPS) is 11.4. The fourth-order valence-corrected chi connectivity index (χ4v) is 2.60. The SMILES string of the molecule is Cc1oc(C)c(-c2nc3cc(Br)c(F)cc3[nH]2)c1C. The van der Waals surface area contributed by atoms with Crippen molar-refractivity contribution in [3.63, 3.8) is 0 Å². The molecule has 0 fully saturated rings. The van der Waals surface area contributed by atoms with Gasteiger partial charge < -0.3 is 9.40 Å². The van der Waals surface area contributed by atoms with Crippen LogP contribution in [-0.4, -0.2) is 9.97 Å². The van der Waals surface area contributed by atoms with Gasteiger partial charge in [-0.1, -0.05) is 0 Å². The molecule has 2 heterocycles. The molecule has 0 unspecified atom stereocenters. The van der Waals surface area contributed by atoms with E-state index in [0.29, 0.717) is 15.8 Å². The van der Waals surface area contributed by atoms with E-state index in [4.69, 9.17) is 4.42 Å². The predicted molar refractivity (Wildman–Crippen MR) is 75.7 cm³/mol. The number of hydrogen-bond acceptors (Lipinski definition) is 2. The quantitative estimate of drug-likeness (QED) is 0.708. The van der Waals surface area contributed by atoms with Crippen LogP contribution in [0.3, 0.4) is 0 Å². The number of H-pyrrole nitrogens is 1. The summed E-state index contributed by atoms with van der Waals surface area (Å²) in [6.45, 7) is 5.81. The van der Waals surface area contributed by atoms with E-state index in [1.54, 1.807) is 6.07 Å². The monoisotopic (exact) mass is 322 g/mol. The molecule has 98 valence electrons. The van der Waals surface area contributed by atoms with Gasteiger partial charge in [0.05, 0.1) is 21.1 Å². The fourth-order valence-electron chi connectivity index (χ4n) is 2.26. The summed E-state index contributed by atoms with van der Waals surface area (Å²) in [5, 5.41) is 0. The third-order valence-electron chi connectivity index (χ3n) is 3.32. The van der Waals surface area contributed by atoms with Crippen LogP contribution in [0.4, 0.5) is 4.39 Å². The molecule has 0 saturated heterocycles. The highest BCUT2D eigenvalue weighted by atomic mass is 79.9. The Kier molecular flexibility index (Phi) is 2.74. The summed E-state index contributed by atoms with van der Waals surface area (Å²) in [4.78, 5) is 7.65. The zero-order valence-electron chi connectivity index (χ0n) is 10.8. The first kappa shape index (κ1) is 12.4. The van der Waals surface area contributed by atoms with Crippen molar-refractivity contribution in [1.82, 2.24) is 9.97 Å². The van der Waals surface area contributed by atoms with Gasteiger partial charge in [-0.15, -0.1) is 0 Å². The van der Waals surface area contributed by atoms with Gasteiger partial charge in [0, 0.05) is 11.6 Å². The average molecular weight is 323 g/mol. The Morgan fingerprint density at radius 1 is 1.21 bits per heavy atom. The Hall–Kier alpha value is -1.62. The number of imidazole rings is 1. The molecule has 0 aliphatic heterocycles. The molecule has 0 aliphatic rings. The Balaban J connectivity index is 2.26. The van der Waals surface area contributed by atoms with Gasteiger partial charge in [0.1, 0.15) is 23.2 Å². The first-order valence-electron chi connectivity index (χ1n) is 5.89. The average Bonchev–Trinajstić information content (AvgIpc) is 2.82. The van der Waals surface area contributed by atoms with Gasteiger partial charge in [-0.2, -0.15) is 0 Å². The summed E-state index contributed by atoms with van der Waals surface area (Å²) in [7, 11) is 0. The number of aromatic nitrogens is 2. The van der Waals surface area contributed by atoms with Crippen molar-refractivity contribution in [1.29, 1.82) is 0 Å². The number of aromatic amines is 1. The first-order valence-corrected chi connectivity index (χ1v) is 6.68. The number of nitrogens with zero attached hydrogens (tertiary/aromatic N) is 1. The Labute approximate surface area is 118 Å². The molecule has 0 bridgehead atoms. The van der Waals surface area contributed by atoms with Crippen LogP contribution in [0.15, 0.2) is 21.0 Å². The molecule has 0 radical (unpaired) electrons. The highest BCUT2D eigenvalue weighted by Crippen LogP contribution is 2.31. The van der Waals surface area contributed by atoms with E-state index >= 15 is 0 Å². The molecule has 1 aromatic carbocycles. The minimum Gasteiger partial charge on any atom is -0.466 e. The molecular formula is C14H12BrFN2O. The second-order valence-corrected chi connectivity index (χ2v) is 5.44. The van der Waals surface area contributed by atoms with E-state index in [-0.39, 0.29) is 5.82 Å². The second kappa shape index (κ2) is 4.20. The van der Waals surface area contributed by atoms with Gasteiger partial charge in [0.2, 0.25) is 0 Å². The maximum Gasteiger partial charge on any atom is 0.142 e. The molecule has 19 heavy (non-hydrogen) atoms. The molecule has 5 heteroatoms. The van der Waals surface area contributed by atoms with Crippen LogP contribution in [0.5, 0.6) is 0 Å². The van der Waals surface area contributed by atoms with Crippen LogP contribution in [0.25, 0.3) is 22.4 Å². The molecule has 3 rings (SSSR count). The highest BCUT2D eigenvalue weighted by Gasteiger charge is 2.17. The van der Waals surface area contributed by atoms with Gasteiger partial charge in [-0.05, 0) is 42.8 Å². The van der Waals surface area contributed by atoms with Crippen LogP contribution in [0.1, 0.15) is 17.1 Å². The summed E-state index contributed by atoms with van der Waals surface area (Å²) in [6.07, 6.45) is 0. The van der Waals surface area contributed by atoms with Crippen molar-refractivity contribution in [3.05, 3.63) is 39.5 Å². The molecule has 3 nitrogen and oxygen atoms in total. The Morgan fingerprint density at radius 2 is 1.95 bits per heavy atom. The van der Waals surface area contributed by atoms with Crippen molar-refractivity contribution in [2.24, 2.45) is 0 Å². The molecule has 0 atom stereocenters. The van der Waals surface area contributed by atoms with Crippen molar-refractivity contribution in [2.45, 2.75) is 20.8 Å². The number of aryl methyl sites for hydroxylation is 2. The van der Waals surface area contributed by atoms with Crippen molar-refractivity contribution in [2.75, 3.05) is 0 Å². The second-order valence-electron chi connectivity index (χ2n) is 4.58. The number of rotatable bonds is 1. The van der Waals surface area contributed by atoms with E-state index < -0.39 is 0 Å². The van der Waals surface area contributed by atoms with Crippen LogP contribution >= 0.6 is 15.9 Å². The fraction of sp³-hybridized carbons (Fsp3) is 0.214. The van der Waals surface area contributed by atoms with Crippen LogP contribution in [-0.2, 0) is 0 Å². The van der Waals surface area contributed by atoms with Gasteiger partial charge in [0.25, 0.3) is 0 Å². The number of benzene rings is 1.